The maximum absolute atomic E-state index is 7.77. The molecule has 0 heterocycles. The Morgan fingerprint density at radius 1 is 1.03 bits per heavy atom. The molecule has 3 saturated carbocycles. The van der Waals surface area contributed by atoms with Crippen molar-refractivity contribution in [2.24, 2.45) is 34.0 Å². The molecule has 0 aromatic rings. The summed E-state index contributed by atoms with van der Waals surface area (Å²) in [5.74, 6) is 2.18. The van der Waals surface area contributed by atoms with E-state index in [9.17, 15) is 0 Å². The highest BCUT2D eigenvalue weighted by atomic mass is 35.5. The Kier molecular flexibility index (Phi) is 8.19. The predicted octanol–water partition coefficient (Wildman–Crippen LogP) is 10.8. The van der Waals surface area contributed by atoms with Crippen molar-refractivity contribution in [2.75, 3.05) is 0 Å². The third-order valence-corrected chi connectivity index (χ3v) is 11.9. The van der Waals surface area contributed by atoms with Crippen LogP contribution < -0.4 is 0 Å². The first kappa shape index (κ1) is 26.6. The van der Waals surface area contributed by atoms with Crippen LogP contribution in [0.4, 0.5) is 0 Å². The molecule has 1 spiro atoms. The van der Waals surface area contributed by atoms with Crippen molar-refractivity contribution in [3.05, 3.63) is 36.5 Å². The van der Waals surface area contributed by atoms with E-state index in [2.05, 4.69) is 58.6 Å². The number of alkyl halides is 1. The van der Waals surface area contributed by atoms with Crippen molar-refractivity contribution in [1.29, 1.82) is 0 Å². The molecule has 0 saturated heterocycles. The smallest absolute Gasteiger partial charge is 0.0480 e. The SMILES string of the molecule is C=C(C)C1CCC2(CC(C)(Cl)C3(C)CCCCCC4(CCC(CCCC)C4)CC3)C=CC=CC12. The van der Waals surface area contributed by atoms with E-state index < -0.39 is 0 Å². The van der Waals surface area contributed by atoms with Gasteiger partial charge in [0.15, 0.2) is 0 Å². The Bertz CT molecular complexity index is 773. The molecular weight excluding hydrogens is 432 g/mol. The van der Waals surface area contributed by atoms with E-state index in [1.807, 2.05) is 0 Å². The summed E-state index contributed by atoms with van der Waals surface area (Å²) in [7, 11) is 0. The van der Waals surface area contributed by atoms with Gasteiger partial charge in [-0.05, 0) is 112 Å². The summed E-state index contributed by atoms with van der Waals surface area (Å²) < 4.78 is 0. The Hall–Kier alpha value is -0.490. The molecular formula is C33H53Cl. The van der Waals surface area contributed by atoms with Crippen molar-refractivity contribution >= 4 is 11.6 Å². The number of fused-ring (bicyclic) bond motifs is 1. The molecule has 7 atom stereocenters. The summed E-state index contributed by atoms with van der Waals surface area (Å²) in [6, 6.07) is 0. The first-order valence-corrected chi connectivity index (χ1v) is 15.2. The molecule has 0 aromatic heterocycles. The molecule has 3 fully saturated rings. The summed E-state index contributed by atoms with van der Waals surface area (Å²) >= 11 is 7.77. The van der Waals surface area contributed by atoms with Crippen LogP contribution in [0.3, 0.4) is 0 Å². The van der Waals surface area contributed by atoms with Crippen LogP contribution in [0.2, 0.25) is 0 Å². The van der Waals surface area contributed by atoms with Crippen LogP contribution in [-0.4, -0.2) is 4.87 Å². The Labute approximate surface area is 217 Å². The van der Waals surface area contributed by atoms with Gasteiger partial charge in [0.25, 0.3) is 0 Å². The maximum atomic E-state index is 7.77. The van der Waals surface area contributed by atoms with Gasteiger partial charge in [0, 0.05) is 4.87 Å². The maximum Gasteiger partial charge on any atom is 0.0480 e. The summed E-state index contributed by atoms with van der Waals surface area (Å²) in [6.07, 6.45) is 31.7. The zero-order valence-corrected chi connectivity index (χ0v) is 23.7. The van der Waals surface area contributed by atoms with E-state index in [1.165, 1.54) is 102 Å². The van der Waals surface area contributed by atoms with Gasteiger partial charge < -0.3 is 0 Å². The lowest BCUT2D eigenvalue weighted by Crippen LogP contribution is -2.45. The highest BCUT2D eigenvalue weighted by molar-refractivity contribution is 6.24. The molecule has 0 aromatic carbocycles. The van der Waals surface area contributed by atoms with Crippen molar-refractivity contribution < 1.29 is 0 Å². The molecule has 0 bridgehead atoms. The zero-order valence-electron chi connectivity index (χ0n) is 22.9. The zero-order chi connectivity index (χ0) is 24.5. The monoisotopic (exact) mass is 484 g/mol. The third kappa shape index (κ3) is 5.28. The highest BCUT2D eigenvalue weighted by Crippen LogP contribution is 2.62. The molecule has 0 aliphatic heterocycles. The minimum atomic E-state index is -0.170. The van der Waals surface area contributed by atoms with Crippen molar-refractivity contribution in [3.63, 3.8) is 0 Å². The van der Waals surface area contributed by atoms with Gasteiger partial charge in [0.05, 0.1) is 0 Å². The second-order valence-electron chi connectivity index (χ2n) is 13.7. The van der Waals surface area contributed by atoms with E-state index in [-0.39, 0.29) is 15.7 Å². The Morgan fingerprint density at radius 2 is 1.82 bits per heavy atom. The van der Waals surface area contributed by atoms with Crippen LogP contribution in [0.1, 0.15) is 130 Å². The lowest BCUT2D eigenvalue weighted by Gasteiger charge is -2.49. The van der Waals surface area contributed by atoms with Crippen molar-refractivity contribution in [1.82, 2.24) is 0 Å². The van der Waals surface area contributed by atoms with E-state index in [1.54, 1.807) is 0 Å². The minimum Gasteiger partial charge on any atom is -0.119 e. The third-order valence-electron chi connectivity index (χ3n) is 11.3. The molecule has 0 N–H and O–H groups in total. The van der Waals surface area contributed by atoms with E-state index in [4.69, 9.17) is 11.6 Å². The Balaban J connectivity index is 1.51. The first-order valence-electron chi connectivity index (χ1n) is 14.8. The first-order chi connectivity index (χ1) is 16.1. The van der Waals surface area contributed by atoms with Gasteiger partial charge in [-0.25, -0.2) is 0 Å². The van der Waals surface area contributed by atoms with Crippen LogP contribution in [0.25, 0.3) is 0 Å². The predicted molar refractivity (Wildman–Crippen MR) is 150 cm³/mol. The standard InChI is InChI=1S/C33H53Cl/c1-6-7-13-27-15-20-32(24-27)18-11-8-10-17-30(4,22-23-32)31(5,34)25-33-19-12-9-14-29(33)28(16-21-33)26(2)3/h9,12,14,19,27-29H,2,6-8,10-11,13,15-18,20-25H2,1,3-5H3. The summed E-state index contributed by atoms with van der Waals surface area (Å²) in [6.45, 7) is 13.9. The molecule has 7 unspecified atom stereocenters. The molecule has 4 aliphatic rings. The lowest BCUT2D eigenvalue weighted by atomic mass is 9.60. The molecule has 34 heavy (non-hydrogen) atoms. The van der Waals surface area contributed by atoms with Gasteiger partial charge in [0.1, 0.15) is 0 Å². The fourth-order valence-corrected chi connectivity index (χ4v) is 9.23. The summed E-state index contributed by atoms with van der Waals surface area (Å²) in [5, 5.41) is 0. The van der Waals surface area contributed by atoms with Crippen LogP contribution in [0.5, 0.6) is 0 Å². The average Bonchev–Trinajstić information content (AvgIpc) is 3.39. The van der Waals surface area contributed by atoms with Crippen LogP contribution in [0, 0.1) is 34.0 Å². The fourth-order valence-electron chi connectivity index (χ4n) is 8.80. The largest absolute Gasteiger partial charge is 0.119 e. The second-order valence-corrected chi connectivity index (χ2v) is 14.6. The highest BCUT2D eigenvalue weighted by Gasteiger charge is 2.54. The van der Waals surface area contributed by atoms with Crippen LogP contribution in [0.15, 0.2) is 36.5 Å². The quantitative estimate of drug-likeness (QED) is 0.249. The topological polar surface area (TPSA) is 0 Å². The van der Waals surface area contributed by atoms with E-state index >= 15 is 0 Å². The number of halogens is 1. The van der Waals surface area contributed by atoms with E-state index in [0.29, 0.717) is 17.3 Å². The second kappa shape index (κ2) is 10.5. The van der Waals surface area contributed by atoms with Gasteiger partial charge in [-0.1, -0.05) is 88.8 Å². The van der Waals surface area contributed by atoms with Gasteiger partial charge in [-0.3, -0.25) is 0 Å². The number of hydrogen-bond donors (Lipinski definition) is 0. The molecule has 1 heteroatoms. The number of rotatable bonds is 7. The number of unbranched alkanes of at least 4 members (excludes halogenated alkanes) is 1. The van der Waals surface area contributed by atoms with Crippen LogP contribution in [-0.2, 0) is 0 Å². The lowest BCUT2D eigenvalue weighted by molar-refractivity contribution is 0.104. The Morgan fingerprint density at radius 3 is 2.59 bits per heavy atom. The van der Waals surface area contributed by atoms with Gasteiger partial charge >= 0.3 is 0 Å². The summed E-state index contributed by atoms with van der Waals surface area (Å²) in [4.78, 5) is -0.170. The minimum absolute atomic E-state index is 0.170. The van der Waals surface area contributed by atoms with Crippen LogP contribution >= 0.6 is 11.6 Å². The van der Waals surface area contributed by atoms with Crippen molar-refractivity contribution in [3.8, 4) is 0 Å². The number of hydrogen-bond acceptors (Lipinski definition) is 0. The van der Waals surface area contributed by atoms with Gasteiger partial charge in [-0.2, -0.15) is 0 Å². The fraction of sp³-hybridized carbons (Fsp3) is 0.818. The molecule has 0 nitrogen and oxygen atoms in total. The molecule has 192 valence electrons. The number of allylic oxidation sites excluding steroid dienone is 5. The molecule has 0 amide bonds. The summed E-state index contributed by atoms with van der Waals surface area (Å²) in [5.41, 5.74) is 2.40. The van der Waals surface area contributed by atoms with Crippen molar-refractivity contribution in [2.45, 2.75) is 135 Å². The molecule has 0 radical (unpaired) electrons. The molecule has 4 rings (SSSR count). The molecule has 4 aliphatic carbocycles. The average molecular weight is 485 g/mol. The van der Waals surface area contributed by atoms with Gasteiger partial charge in [-0.15, -0.1) is 11.6 Å². The van der Waals surface area contributed by atoms with Gasteiger partial charge in [0.2, 0.25) is 0 Å². The normalized spacial score (nSPS) is 42.1. The van der Waals surface area contributed by atoms with E-state index in [0.717, 1.165) is 12.3 Å².